The summed E-state index contributed by atoms with van der Waals surface area (Å²) < 4.78 is 4.89. The van der Waals surface area contributed by atoms with Gasteiger partial charge < -0.3 is 9.84 Å². The van der Waals surface area contributed by atoms with Crippen molar-refractivity contribution in [3.05, 3.63) is 71.3 Å². The summed E-state index contributed by atoms with van der Waals surface area (Å²) in [6.45, 7) is 2.91. The van der Waals surface area contributed by atoms with Crippen LogP contribution in [-0.4, -0.2) is 28.9 Å². The molecule has 0 saturated heterocycles. The zero-order valence-corrected chi connectivity index (χ0v) is 13.4. The number of carboxylic acid groups (broad SMARTS) is 1. The van der Waals surface area contributed by atoms with Gasteiger partial charge in [-0.15, -0.1) is 0 Å². The molecule has 0 aromatic heterocycles. The maximum absolute atomic E-state index is 12.5. The average Bonchev–Trinajstić information content (AvgIpc) is 2.61. The Hall–Kier alpha value is -2.95. The molecule has 2 unspecified atom stereocenters. The largest absolute Gasteiger partial charge is 0.479 e. The molecular formula is C19H18O5. The fraction of sp³-hybridized carbons (Fsp3) is 0.211. The highest BCUT2D eigenvalue weighted by Crippen LogP contribution is 2.20. The summed E-state index contributed by atoms with van der Waals surface area (Å²) in [5.41, 5.74) is 1.62. The molecular weight excluding hydrogens is 308 g/mol. The van der Waals surface area contributed by atoms with E-state index in [2.05, 4.69) is 0 Å². The molecule has 0 aliphatic carbocycles. The van der Waals surface area contributed by atoms with E-state index < -0.39 is 24.0 Å². The van der Waals surface area contributed by atoms with Crippen LogP contribution in [0, 0.1) is 0 Å². The Morgan fingerprint density at radius 3 is 2.17 bits per heavy atom. The monoisotopic (exact) mass is 326 g/mol. The van der Waals surface area contributed by atoms with E-state index >= 15 is 0 Å². The van der Waals surface area contributed by atoms with Gasteiger partial charge in [-0.1, -0.05) is 48.5 Å². The first kappa shape index (κ1) is 17.4. The molecule has 5 nitrogen and oxygen atoms in total. The first-order valence-electron chi connectivity index (χ1n) is 7.53. The number of carbonyl (C=O) groups excluding carboxylic acids is 2. The molecule has 0 aliphatic rings. The lowest BCUT2D eigenvalue weighted by atomic mass is 9.96. The molecule has 0 spiro atoms. The van der Waals surface area contributed by atoms with Gasteiger partial charge in [0.1, 0.15) is 0 Å². The second-order valence-corrected chi connectivity index (χ2v) is 5.46. The molecule has 0 fully saturated rings. The van der Waals surface area contributed by atoms with Gasteiger partial charge >= 0.3 is 11.9 Å². The van der Waals surface area contributed by atoms with Crippen LogP contribution >= 0.6 is 0 Å². The third-order valence-corrected chi connectivity index (χ3v) is 3.68. The molecule has 2 atom stereocenters. The summed E-state index contributed by atoms with van der Waals surface area (Å²) in [5.74, 6) is -2.66. The SMILES string of the molecule is CC(OC(=O)C(C)c1cccc(C(=O)c2ccccc2)c1)C(=O)O. The van der Waals surface area contributed by atoms with Crippen molar-refractivity contribution in [2.24, 2.45) is 0 Å². The number of aliphatic carboxylic acids is 1. The average molecular weight is 326 g/mol. The first-order chi connectivity index (χ1) is 11.4. The van der Waals surface area contributed by atoms with Crippen molar-refractivity contribution in [2.45, 2.75) is 25.9 Å². The van der Waals surface area contributed by atoms with Crippen molar-refractivity contribution in [1.82, 2.24) is 0 Å². The summed E-state index contributed by atoms with van der Waals surface area (Å²) in [6.07, 6.45) is -1.21. The van der Waals surface area contributed by atoms with Gasteiger partial charge in [-0.3, -0.25) is 9.59 Å². The third kappa shape index (κ3) is 4.07. The lowest BCUT2D eigenvalue weighted by Crippen LogP contribution is -2.26. The molecule has 2 aromatic rings. The standard InChI is InChI=1S/C19H18O5/c1-12(19(23)24-13(2)18(21)22)15-9-6-10-16(11-15)17(20)14-7-4-3-5-8-14/h3-13H,1-2H3,(H,21,22). The molecule has 0 radical (unpaired) electrons. The maximum Gasteiger partial charge on any atom is 0.344 e. The van der Waals surface area contributed by atoms with Crippen LogP contribution in [0.25, 0.3) is 0 Å². The number of carbonyl (C=O) groups is 3. The van der Waals surface area contributed by atoms with E-state index in [4.69, 9.17) is 9.84 Å². The molecule has 124 valence electrons. The van der Waals surface area contributed by atoms with Crippen molar-refractivity contribution in [3.8, 4) is 0 Å². The summed E-state index contributed by atoms with van der Waals surface area (Å²) >= 11 is 0. The van der Waals surface area contributed by atoms with Gasteiger partial charge in [0, 0.05) is 11.1 Å². The molecule has 0 bridgehead atoms. The van der Waals surface area contributed by atoms with Crippen molar-refractivity contribution in [1.29, 1.82) is 0 Å². The number of ketones is 1. The maximum atomic E-state index is 12.5. The molecule has 5 heteroatoms. The number of rotatable bonds is 6. The molecule has 1 N–H and O–H groups in total. The second kappa shape index (κ2) is 7.55. The van der Waals surface area contributed by atoms with Crippen molar-refractivity contribution in [2.75, 3.05) is 0 Å². The van der Waals surface area contributed by atoms with Crippen LogP contribution in [-0.2, 0) is 14.3 Å². The number of hydrogen-bond donors (Lipinski definition) is 1. The molecule has 0 saturated carbocycles. The predicted octanol–water partition coefficient (Wildman–Crippen LogP) is 3.04. The van der Waals surface area contributed by atoms with E-state index in [1.165, 1.54) is 6.92 Å². The van der Waals surface area contributed by atoms with Gasteiger partial charge in [0.25, 0.3) is 0 Å². The van der Waals surface area contributed by atoms with Crippen molar-refractivity contribution < 1.29 is 24.2 Å². The summed E-state index contributed by atoms with van der Waals surface area (Å²) in [7, 11) is 0. The molecule has 0 aliphatic heterocycles. The summed E-state index contributed by atoms with van der Waals surface area (Å²) in [6, 6.07) is 15.5. The molecule has 2 rings (SSSR count). The van der Waals surface area contributed by atoms with Crippen LogP contribution < -0.4 is 0 Å². The van der Waals surface area contributed by atoms with Gasteiger partial charge in [-0.05, 0) is 25.5 Å². The van der Waals surface area contributed by atoms with Crippen LogP contribution in [0.1, 0.15) is 41.3 Å². The Morgan fingerprint density at radius 1 is 0.917 bits per heavy atom. The number of benzene rings is 2. The summed E-state index contributed by atoms with van der Waals surface area (Å²) in [5, 5.41) is 8.80. The molecule has 0 amide bonds. The van der Waals surface area contributed by atoms with Crippen LogP contribution in [0.4, 0.5) is 0 Å². The highest BCUT2D eigenvalue weighted by molar-refractivity contribution is 6.09. The third-order valence-electron chi connectivity index (χ3n) is 3.68. The molecule has 0 heterocycles. The Balaban J connectivity index is 2.19. The van der Waals surface area contributed by atoms with E-state index in [1.54, 1.807) is 55.5 Å². The van der Waals surface area contributed by atoms with Crippen LogP contribution in [0.2, 0.25) is 0 Å². The van der Waals surface area contributed by atoms with Crippen LogP contribution in [0.5, 0.6) is 0 Å². The highest BCUT2D eigenvalue weighted by atomic mass is 16.6. The quantitative estimate of drug-likeness (QED) is 0.652. The number of ether oxygens (including phenoxy) is 1. The van der Waals surface area contributed by atoms with E-state index in [9.17, 15) is 14.4 Å². The first-order valence-corrected chi connectivity index (χ1v) is 7.53. The van der Waals surface area contributed by atoms with E-state index in [1.807, 2.05) is 6.07 Å². The smallest absolute Gasteiger partial charge is 0.344 e. The minimum Gasteiger partial charge on any atom is -0.479 e. The fourth-order valence-corrected chi connectivity index (χ4v) is 2.17. The van der Waals surface area contributed by atoms with Crippen LogP contribution in [0.15, 0.2) is 54.6 Å². The molecule has 2 aromatic carbocycles. The van der Waals surface area contributed by atoms with Crippen molar-refractivity contribution >= 4 is 17.7 Å². The number of hydrogen-bond acceptors (Lipinski definition) is 4. The minimum atomic E-state index is -1.21. The normalized spacial score (nSPS) is 12.9. The van der Waals surface area contributed by atoms with Gasteiger partial charge in [-0.25, -0.2) is 4.79 Å². The van der Waals surface area contributed by atoms with Crippen molar-refractivity contribution in [3.63, 3.8) is 0 Å². The highest BCUT2D eigenvalue weighted by Gasteiger charge is 2.23. The van der Waals surface area contributed by atoms with Gasteiger partial charge in [0.2, 0.25) is 0 Å². The zero-order valence-electron chi connectivity index (χ0n) is 13.4. The van der Waals surface area contributed by atoms with E-state index in [0.29, 0.717) is 16.7 Å². The number of carboxylic acids is 1. The van der Waals surface area contributed by atoms with Gasteiger partial charge in [0.15, 0.2) is 11.9 Å². The zero-order chi connectivity index (χ0) is 17.7. The summed E-state index contributed by atoms with van der Waals surface area (Å²) in [4.78, 5) is 35.3. The topological polar surface area (TPSA) is 80.7 Å². The second-order valence-electron chi connectivity index (χ2n) is 5.46. The lowest BCUT2D eigenvalue weighted by molar-refractivity contribution is -0.163. The van der Waals surface area contributed by atoms with Gasteiger partial charge in [0.05, 0.1) is 5.92 Å². The minimum absolute atomic E-state index is 0.142. The van der Waals surface area contributed by atoms with E-state index in [-0.39, 0.29) is 5.78 Å². The Labute approximate surface area is 139 Å². The number of esters is 1. The van der Waals surface area contributed by atoms with Gasteiger partial charge in [-0.2, -0.15) is 0 Å². The van der Waals surface area contributed by atoms with E-state index in [0.717, 1.165) is 0 Å². The Bertz CT molecular complexity index is 751. The Morgan fingerprint density at radius 2 is 1.54 bits per heavy atom. The molecule has 24 heavy (non-hydrogen) atoms. The predicted molar refractivity (Wildman–Crippen MR) is 87.9 cm³/mol. The Kier molecular flexibility index (Phi) is 5.47. The lowest BCUT2D eigenvalue weighted by Gasteiger charge is -2.15. The fourth-order valence-electron chi connectivity index (χ4n) is 2.17. The van der Waals surface area contributed by atoms with Crippen LogP contribution in [0.3, 0.4) is 0 Å².